The van der Waals surface area contributed by atoms with Gasteiger partial charge in [0.15, 0.2) is 0 Å². The van der Waals surface area contributed by atoms with E-state index < -0.39 is 26.7 Å². The van der Waals surface area contributed by atoms with E-state index in [2.05, 4.69) is 72.3 Å². The summed E-state index contributed by atoms with van der Waals surface area (Å²) in [6.07, 6.45) is 10.2. The molecule has 172 valence electrons. The van der Waals surface area contributed by atoms with Crippen LogP contribution in [0.3, 0.4) is 0 Å². The average molecular weight is 558 g/mol. The van der Waals surface area contributed by atoms with Gasteiger partial charge in [-0.25, -0.2) is 0 Å². The molecule has 0 bridgehead atoms. The molecular weight excluding hydrogens is 511 g/mol. The van der Waals surface area contributed by atoms with E-state index >= 15 is 0 Å². The summed E-state index contributed by atoms with van der Waals surface area (Å²) >= 11 is -0.589. The van der Waals surface area contributed by atoms with E-state index in [4.69, 9.17) is 9.41 Å². The van der Waals surface area contributed by atoms with Crippen molar-refractivity contribution < 1.29 is 4.43 Å². The van der Waals surface area contributed by atoms with Crippen molar-refractivity contribution in [2.24, 2.45) is 0 Å². The summed E-state index contributed by atoms with van der Waals surface area (Å²) < 4.78 is 15.4. The van der Waals surface area contributed by atoms with E-state index in [-0.39, 0.29) is 5.04 Å². The quantitative estimate of drug-likeness (QED) is 0.246. The first kappa shape index (κ1) is 26.2. The zero-order valence-electron chi connectivity index (χ0n) is 21.2. The van der Waals surface area contributed by atoms with Crippen LogP contribution in [0.4, 0.5) is 0 Å². The molecule has 2 aromatic rings. The van der Waals surface area contributed by atoms with Crippen LogP contribution in [0.2, 0.25) is 31.4 Å². The Morgan fingerprint density at radius 1 is 1.00 bits per heavy atom. The molecule has 0 aliphatic heterocycles. The summed E-state index contributed by atoms with van der Waals surface area (Å²) in [7, 11) is -1.90. The number of thiazole rings is 1. The molecule has 0 aromatic carbocycles. The number of nitrogens with zero attached hydrogens (tertiary/aromatic N) is 2. The van der Waals surface area contributed by atoms with Crippen molar-refractivity contribution in [2.75, 3.05) is 0 Å². The Hall–Kier alpha value is -0.0144. The molecule has 6 heteroatoms. The van der Waals surface area contributed by atoms with Crippen molar-refractivity contribution in [1.82, 2.24) is 9.38 Å². The summed E-state index contributed by atoms with van der Waals surface area (Å²) in [5, 5.41) is 0.185. The summed E-state index contributed by atoms with van der Waals surface area (Å²) in [6, 6.07) is 0. The number of hydrogen-bond acceptors (Lipinski definition) is 3. The third-order valence-corrected chi connectivity index (χ3v) is 28.9. The molecule has 2 aromatic heterocycles. The second-order valence-corrected chi connectivity index (χ2v) is 29.6. The van der Waals surface area contributed by atoms with Gasteiger partial charge >= 0.3 is 196 Å². The average Bonchev–Trinajstić information content (AvgIpc) is 3.19. The Balaban J connectivity index is 2.56. The van der Waals surface area contributed by atoms with Crippen LogP contribution in [0.25, 0.3) is 4.83 Å². The topological polar surface area (TPSA) is 26.5 Å². The zero-order chi connectivity index (χ0) is 22.6. The van der Waals surface area contributed by atoms with Crippen LogP contribution in [0.1, 0.15) is 84.9 Å². The molecule has 0 atom stereocenters. The second kappa shape index (κ2) is 10.7. The van der Waals surface area contributed by atoms with E-state index in [9.17, 15) is 0 Å². The number of aromatic nitrogens is 2. The first-order valence-electron chi connectivity index (χ1n) is 12.2. The number of rotatable bonds is 12. The molecule has 3 nitrogen and oxygen atoms in total. The summed E-state index contributed by atoms with van der Waals surface area (Å²) in [5.41, 5.74) is 0. The molecular formula is C24H46N2OSSiSn. The maximum atomic E-state index is 6.68. The zero-order valence-corrected chi connectivity index (χ0v) is 25.8. The van der Waals surface area contributed by atoms with E-state index in [1.807, 2.05) is 11.3 Å². The summed E-state index contributed by atoms with van der Waals surface area (Å²) in [4.78, 5) is 7.64. The summed E-state index contributed by atoms with van der Waals surface area (Å²) in [5.74, 6) is 0.891. The van der Waals surface area contributed by atoms with E-state index in [0.717, 1.165) is 5.88 Å². The molecule has 0 saturated heterocycles. The van der Waals surface area contributed by atoms with Crippen LogP contribution in [0.15, 0.2) is 6.33 Å². The maximum absolute atomic E-state index is 6.68. The van der Waals surface area contributed by atoms with Gasteiger partial charge in [0.2, 0.25) is 0 Å². The minimum absolute atomic E-state index is 0.185. The van der Waals surface area contributed by atoms with Crippen LogP contribution in [0.5, 0.6) is 5.88 Å². The van der Waals surface area contributed by atoms with Crippen LogP contribution < -0.4 is 8.14 Å². The molecule has 2 heterocycles. The molecule has 0 radical (unpaired) electrons. The first-order valence-corrected chi connectivity index (χ1v) is 23.4. The molecule has 0 spiro atoms. The normalized spacial score (nSPS) is 13.4. The standard InChI is InChI=1S/C12H19N2OSSi.3C4H9.Sn/c1-9-7-14-8-13-10(11(14)16-9)15-17(5,6)12(2,3)4;3*1-3-4-2;/h8H,1-6H3;3*1,3-4H2,2H3;. The Kier molecular flexibility index (Phi) is 9.39. The Labute approximate surface area is 195 Å². The molecule has 0 unspecified atom stereocenters. The van der Waals surface area contributed by atoms with Crippen LogP contribution >= 0.6 is 11.3 Å². The third kappa shape index (κ3) is 5.66. The molecule has 0 amide bonds. The SMILES string of the molecule is CCC[CH2][Sn]([CH2]CCC)([CH2]CCC)[c]1c(C)sc2c(O[Si](C)(C)C(C)(C)C)ncn12. The number of aryl methyl sites for hydroxylation is 1. The van der Waals surface area contributed by atoms with Crippen molar-refractivity contribution in [1.29, 1.82) is 0 Å². The number of hydrogen-bond donors (Lipinski definition) is 0. The number of imidazole rings is 1. The fourth-order valence-electron chi connectivity index (χ4n) is 4.31. The van der Waals surface area contributed by atoms with Gasteiger partial charge in [-0.3, -0.25) is 0 Å². The number of unbranched alkanes of at least 4 members (excludes halogenated alkanes) is 3. The van der Waals surface area contributed by atoms with Gasteiger partial charge in [-0.15, -0.1) is 0 Å². The van der Waals surface area contributed by atoms with Crippen molar-refractivity contribution in [3.8, 4) is 5.88 Å². The van der Waals surface area contributed by atoms with Crippen LogP contribution in [0, 0.1) is 6.92 Å². The van der Waals surface area contributed by atoms with Crippen LogP contribution in [-0.4, -0.2) is 36.1 Å². The van der Waals surface area contributed by atoms with E-state index in [1.54, 1.807) is 8.59 Å². The predicted octanol–water partition coefficient (Wildman–Crippen LogP) is 8.14. The van der Waals surface area contributed by atoms with Gasteiger partial charge in [-0.2, -0.15) is 0 Å². The summed E-state index contributed by atoms with van der Waals surface area (Å²) in [6.45, 7) is 21.0. The molecule has 0 saturated carbocycles. The Morgan fingerprint density at radius 2 is 1.50 bits per heavy atom. The predicted molar refractivity (Wildman–Crippen MR) is 140 cm³/mol. The Morgan fingerprint density at radius 3 is 1.93 bits per heavy atom. The number of fused-ring (bicyclic) bond motifs is 1. The second-order valence-electron chi connectivity index (χ2n) is 10.7. The van der Waals surface area contributed by atoms with Gasteiger partial charge in [0.1, 0.15) is 0 Å². The monoisotopic (exact) mass is 558 g/mol. The van der Waals surface area contributed by atoms with Gasteiger partial charge < -0.3 is 0 Å². The van der Waals surface area contributed by atoms with Crippen molar-refractivity contribution in [3.05, 3.63) is 11.2 Å². The van der Waals surface area contributed by atoms with Gasteiger partial charge in [0, 0.05) is 0 Å². The van der Waals surface area contributed by atoms with E-state index in [0.29, 0.717) is 0 Å². The molecule has 0 N–H and O–H groups in total. The van der Waals surface area contributed by atoms with Gasteiger partial charge in [0.05, 0.1) is 0 Å². The molecule has 0 fully saturated rings. The Bertz CT molecular complexity index is 784. The van der Waals surface area contributed by atoms with Crippen molar-refractivity contribution >= 4 is 46.6 Å². The van der Waals surface area contributed by atoms with E-state index in [1.165, 1.54) is 56.7 Å². The van der Waals surface area contributed by atoms with Gasteiger partial charge in [-0.05, 0) is 0 Å². The van der Waals surface area contributed by atoms with Crippen LogP contribution in [-0.2, 0) is 0 Å². The fraction of sp³-hybridized carbons (Fsp3) is 0.792. The van der Waals surface area contributed by atoms with Gasteiger partial charge in [0.25, 0.3) is 0 Å². The first-order chi connectivity index (χ1) is 14.0. The molecule has 0 aliphatic carbocycles. The minimum atomic E-state index is -2.53. The fourth-order valence-corrected chi connectivity index (χ4v) is 25.4. The van der Waals surface area contributed by atoms with Gasteiger partial charge in [-0.1, -0.05) is 0 Å². The van der Waals surface area contributed by atoms with Crippen molar-refractivity contribution in [3.63, 3.8) is 0 Å². The third-order valence-electron chi connectivity index (χ3n) is 7.20. The van der Waals surface area contributed by atoms with Crippen molar-refractivity contribution in [2.45, 2.75) is 118 Å². The molecule has 2 rings (SSSR count). The molecule has 30 heavy (non-hydrogen) atoms. The molecule has 0 aliphatic rings.